The molecule has 0 fully saturated rings. The highest BCUT2D eigenvalue weighted by molar-refractivity contribution is 5.80. The van der Waals surface area contributed by atoms with Crippen LogP contribution >= 0.6 is 0 Å². The second kappa shape index (κ2) is 5.89. The van der Waals surface area contributed by atoms with Gasteiger partial charge in [-0.2, -0.15) is 0 Å². The van der Waals surface area contributed by atoms with E-state index in [1.165, 1.54) is 0 Å². The molecule has 102 valence electrons. The van der Waals surface area contributed by atoms with Crippen molar-refractivity contribution in [1.29, 1.82) is 0 Å². The zero-order chi connectivity index (χ0) is 13.8. The first-order chi connectivity index (χ1) is 8.33. The van der Waals surface area contributed by atoms with Crippen molar-refractivity contribution in [2.24, 2.45) is 10.7 Å². The zero-order valence-corrected chi connectivity index (χ0v) is 11.7. The first kappa shape index (κ1) is 14.5. The third kappa shape index (κ3) is 4.39. The summed E-state index contributed by atoms with van der Waals surface area (Å²) in [5, 5.41) is 0. The molecule has 0 saturated carbocycles. The Labute approximate surface area is 109 Å². The Morgan fingerprint density at radius 3 is 2.56 bits per heavy atom. The average molecular weight is 253 g/mol. The van der Waals surface area contributed by atoms with E-state index < -0.39 is 5.60 Å². The molecular weight excluding hydrogens is 230 g/mol. The van der Waals surface area contributed by atoms with E-state index >= 15 is 0 Å². The number of carbonyl (C=O) groups excluding carboxylic acids is 1. The van der Waals surface area contributed by atoms with E-state index in [9.17, 15) is 4.79 Å². The molecule has 1 aliphatic heterocycles. The van der Waals surface area contributed by atoms with Crippen LogP contribution in [0.2, 0.25) is 0 Å². The molecule has 1 aliphatic rings. The van der Waals surface area contributed by atoms with E-state index in [1.807, 2.05) is 20.8 Å². The molecule has 0 aromatic rings. The van der Waals surface area contributed by atoms with Crippen LogP contribution in [0.3, 0.4) is 0 Å². The lowest BCUT2D eigenvalue weighted by atomic mass is 10.1. The van der Waals surface area contributed by atoms with E-state index in [4.69, 9.17) is 10.5 Å². The summed E-state index contributed by atoms with van der Waals surface area (Å²) in [5.41, 5.74) is 7.33. The maximum Gasteiger partial charge on any atom is 0.410 e. The van der Waals surface area contributed by atoms with Crippen LogP contribution in [-0.4, -0.2) is 42.9 Å². The predicted molar refractivity (Wildman–Crippen MR) is 72.7 cm³/mol. The SMILES string of the molecule is CN=CC1=C(N)CCN(C(=O)OC(C)(C)C)CC1. The van der Waals surface area contributed by atoms with Gasteiger partial charge in [0.05, 0.1) is 0 Å². The lowest BCUT2D eigenvalue weighted by Crippen LogP contribution is -2.37. The maximum atomic E-state index is 11.9. The van der Waals surface area contributed by atoms with Crippen molar-refractivity contribution in [3.05, 3.63) is 11.3 Å². The molecule has 0 bridgehead atoms. The number of amides is 1. The summed E-state index contributed by atoms with van der Waals surface area (Å²) < 4.78 is 5.36. The van der Waals surface area contributed by atoms with Gasteiger partial charge in [0.1, 0.15) is 5.60 Å². The third-order valence-corrected chi connectivity index (χ3v) is 2.65. The van der Waals surface area contributed by atoms with Crippen LogP contribution in [0.5, 0.6) is 0 Å². The van der Waals surface area contributed by atoms with Gasteiger partial charge >= 0.3 is 6.09 Å². The molecular formula is C13H23N3O2. The summed E-state index contributed by atoms with van der Waals surface area (Å²) in [6.45, 7) is 6.82. The molecule has 1 amide bonds. The quantitative estimate of drug-likeness (QED) is 0.726. The number of hydrogen-bond donors (Lipinski definition) is 1. The topological polar surface area (TPSA) is 67.9 Å². The highest BCUT2D eigenvalue weighted by Gasteiger charge is 2.23. The Bertz CT molecular complexity index is 367. The first-order valence-electron chi connectivity index (χ1n) is 6.21. The van der Waals surface area contributed by atoms with Crippen molar-refractivity contribution >= 4 is 12.3 Å². The van der Waals surface area contributed by atoms with Gasteiger partial charge in [0.15, 0.2) is 0 Å². The molecule has 0 aromatic heterocycles. The van der Waals surface area contributed by atoms with Gasteiger partial charge in [-0.15, -0.1) is 0 Å². The maximum absolute atomic E-state index is 11.9. The minimum atomic E-state index is -0.462. The van der Waals surface area contributed by atoms with E-state index in [-0.39, 0.29) is 6.09 Å². The number of hydrogen-bond acceptors (Lipinski definition) is 4. The summed E-state index contributed by atoms with van der Waals surface area (Å²) in [7, 11) is 1.72. The third-order valence-electron chi connectivity index (χ3n) is 2.65. The van der Waals surface area contributed by atoms with Crippen LogP contribution in [0.4, 0.5) is 4.79 Å². The summed E-state index contributed by atoms with van der Waals surface area (Å²) in [6, 6.07) is 0. The molecule has 5 nitrogen and oxygen atoms in total. The molecule has 0 atom stereocenters. The lowest BCUT2D eigenvalue weighted by Gasteiger charge is -2.26. The highest BCUT2D eigenvalue weighted by atomic mass is 16.6. The molecule has 0 radical (unpaired) electrons. The van der Waals surface area contributed by atoms with Crippen LogP contribution in [0.15, 0.2) is 16.3 Å². The minimum absolute atomic E-state index is 0.273. The first-order valence-corrected chi connectivity index (χ1v) is 6.21. The lowest BCUT2D eigenvalue weighted by molar-refractivity contribution is 0.0258. The van der Waals surface area contributed by atoms with Gasteiger partial charge in [-0.05, 0) is 32.8 Å². The van der Waals surface area contributed by atoms with E-state index in [2.05, 4.69) is 4.99 Å². The average Bonchev–Trinajstić information content (AvgIpc) is 2.40. The molecule has 0 aromatic carbocycles. The predicted octanol–water partition coefficient (Wildman–Crippen LogP) is 1.93. The van der Waals surface area contributed by atoms with Gasteiger partial charge in [-0.1, -0.05) is 0 Å². The molecule has 2 N–H and O–H groups in total. The summed E-state index contributed by atoms with van der Waals surface area (Å²) in [6.07, 6.45) is 2.89. The van der Waals surface area contributed by atoms with Crippen molar-refractivity contribution in [2.45, 2.75) is 39.2 Å². The molecule has 0 unspecified atom stereocenters. The molecule has 0 spiro atoms. The number of carbonyl (C=O) groups is 1. The Kier molecular flexibility index (Phi) is 4.76. The minimum Gasteiger partial charge on any atom is -0.444 e. The molecule has 0 saturated heterocycles. The molecule has 1 rings (SSSR count). The largest absolute Gasteiger partial charge is 0.444 e. The second-order valence-corrected chi connectivity index (χ2v) is 5.41. The number of ether oxygens (including phenoxy) is 1. The zero-order valence-electron chi connectivity index (χ0n) is 11.7. The van der Waals surface area contributed by atoms with Gasteiger partial charge in [-0.25, -0.2) is 4.79 Å². The molecule has 5 heteroatoms. The van der Waals surface area contributed by atoms with E-state index in [0.717, 1.165) is 17.7 Å². The Balaban J connectivity index is 2.63. The number of nitrogens with two attached hydrogens (primary N) is 1. The van der Waals surface area contributed by atoms with Crippen LogP contribution in [-0.2, 0) is 4.74 Å². The summed E-state index contributed by atoms with van der Waals surface area (Å²) in [4.78, 5) is 17.6. The standard InChI is InChI=1S/C13H23N3O2/c1-13(2,3)18-12(17)16-7-5-10(9-15-4)11(14)6-8-16/h9H,5-8,14H2,1-4H3. The Morgan fingerprint density at radius 1 is 1.39 bits per heavy atom. The number of rotatable bonds is 1. The fourth-order valence-electron chi connectivity index (χ4n) is 1.76. The number of nitrogens with zero attached hydrogens (tertiary/aromatic N) is 2. The van der Waals surface area contributed by atoms with Crippen LogP contribution < -0.4 is 5.73 Å². The molecule has 1 heterocycles. The Morgan fingerprint density at radius 2 is 2.00 bits per heavy atom. The second-order valence-electron chi connectivity index (χ2n) is 5.41. The van der Waals surface area contributed by atoms with Crippen molar-refractivity contribution < 1.29 is 9.53 Å². The fourth-order valence-corrected chi connectivity index (χ4v) is 1.76. The van der Waals surface area contributed by atoms with Crippen molar-refractivity contribution in [2.75, 3.05) is 20.1 Å². The van der Waals surface area contributed by atoms with Gasteiger partial charge in [0.2, 0.25) is 0 Å². The van der Waals surface area contributed by atoms with Crippen molar-refractivity contribution in [1.82, 2.24) is 4.90 Å². The van der Waals surface area contributed by atoms with Crippen molar-refractivity contribution in [3.63, 3.8) is 0 Å². The van der Waals surface area contributed by atoms with E-state index in [1.54, 1.807) is 18.2 Å². The smallest absolute Gasteiger partial charge is 0.410 e. The van der Waals surface area contributed by atoms with E-state index in [0.29, 0.717) is 19.5 Å². The van der Waals surface area contributed by atoms with Gasteiger partial charge in [-0.3, -0.25) is 4.99 Å². The highest BCUT2D eigenvalue weighted by Crippen LogP contribution is 2.16. The van der Waals surface area contributed by atoms with Crippen LogP contribution in [0.25, 0.3) is 0 Å². The Hall–Kier alpha value is -1.52. The van der Waals surface area contributed by atoms with Crippen LogP contribution in [0.1, 0.15) is 33.6 Å². The number of aliphatic imine (C=N–C) groups is 1. The monoisotopic (exact) mass is 253 g/mol. The normalized spacial score (nSPS) is 18.1. The van der Waals surface area contributed by atoms with Crippen LogP contribution in [0, 0.1) is 0 Å². The fraction of sp³-hybridized carbons (Fsp3) is 0.692. The van der Waals surface area contributed by atoms with Gasteiger partial charge in [0, 0.05) is 38.5 Å². The summed E-state index contributed by atoms with van der Waals surface area (Å²) in [5.74, 6) is 0. The molecule has 18 heavy (non-hydrogen) atoms. The van der Waals surface area contributed by atoms with Crippen molar-refractivity contribution in [3.8, 4) is 0 Å². The van der Waals surface area contributed by atoms with Gasteiger partial charge < -0.3 is 15.4 Å². The summed E-state index contributed by atoms with van der Waals surface area (Å²) >= 11 is 0. The molecule has 0 aliphatic carbocycles. The van der Waals surface area contributed by atoms with Gasteiger partial charge in [0.25, 0.3) is 0 Å².